The number of carbonyl (C=O) groups excluding carboxylic acids is 3. The maximum absolute atomic E-state index is 15.0. The van der Waals surface area contributed by atoms with Gasteiger partial charge in [-0.3, -0.25) is 28.8 Å². The van der Waals surface area contributed by atoms with E-state index in [9.17, 15) is 32.3 Å². The summed E-state index contributed by atoms with van der Waals surface area (Å²) in [7, 11) is 1.70. The van der Waals surface area contributed by atoms with Gasteiger partial charge in [0.05, 0.1) is 31.9 Å². The monoisotopic (exact) mass is 811 g/mol. The lowest BCUT2D eigenvalue weighted by Crippen LogP contribution is -2.44. The molecule has 1 aliphatic carbocycles. The molecule has 0 radical (unpaired) electrons. The average Bonchev–Trinajstić information content (AvgIpc) is 3.69. The lowest BCUT2D eigenvalue weighted by molar-refractivity contribution is -0.141. The van der Waals surface area contributed by atoms with Crippen LogP contribution in [0.1, 0.15) is 96.0 Å². The third-order valence-electron chi connectivity index (χ3n) is 11.5. The number of rotatable bonds is 7. The number of imide groups is 1. The first-order chi connectivity index (χ1) is 26.7. The van der Waals surface area contributed by atoms with Gasteiger partial charge in [-0.15, -0.1) is 11.3 Å². The number of carbonyl (C=O) groups is 3. The van der Waals surface area contributed by atoms with Crippen LogP contribution in [0.2, 0.25) is 5.02 Å². The second-order valence-corrected chi connectivity index (χ2v) is 16.5. The molecule has 1 saturated carbocycles. The number of anilines is 1. The molecule has 3 aromatic heterocycles. The van der Waals surface area contributed by atoms with Crippen molar-refractivity contribution in [2.75, 3.05) is 25.0 Å². The maximum atomic E-state index is 15.0. The molecule has 11 nitrogen and oxygen atoms in total. The van der Waals surface area contributed by atoms with Gasteiger partial charge in [-0.2, -0.15) is 13.2 Å². The van der Waals surface area contributed by atoms with E-state index in [4.69, 9.17) is 16.6 Å². The summed E-state index contributed by atoms with van der Waals surface area (Å²) in [5.41, 5.74) is 0.612. The zero-order chi connectivity index (χ0) is 39.5. The molecule has 1 unspecified atom stereocenters. The predicted octanol–water partition coefficient (Wildman–Crippen LogP) is 7.54. The molecule has 294 valence electrons. The van der Waals surface area contributed by atoms with Gasteiger partial charge in [-0.05, 0) is 106 Å². The highest BCUT2D eigenvalue weighted by molar-refractivity contribution is 7.18. The molecule has 3 aliphatic rings. The minimum atomic E-state index is -4.72. The first-order valence-electron chi connectivity index (χ1n) is 18.7. The summed E-state index contributed by atoms with van der Waals surface area (Å²) in [5.74, 6) is -1.63. The number of piperidine rings is 2. The highest BCUT2D eigenvalue weighted by Gasteiger charge is 2.35. The van der Waals surface area contributed by atoms with Crippen molar-refractivity contribution in [1.82, 2.24) is 29.3 Å². The smallest absolute Gasteiger partial charge is 0.318 e. The second kappa shape index (κ2) is 15.0. The number of pyridine rings is 1. The molecular weight excluding hydrogens is 774 g/mol. The molecule has 1 atom stereocenters. The summed E-state index contributed by atoms with van der Waals surface area (Å²) in [6, 6.07) is 8.50. The zero-order valence-electron chi connectivity index (χ0n) is 30.3. The average molecular weight is 812 g/mol. The van der Waals surface area contributed by atoms with E-state index in [-0.39, 0.29) is 42.0 Å². The summed E-state index contributed by atoms with van der Waals surface area (Å²) < 4.78 is 58.0. The fourth-order valence-corrected chi connectivity index (χ4v) is 10.1. The van der Waals surface area contributed by atoms with E-state index in [1.807, 2.05) is 0 Å². The number of nitrogens with zero attached hydrogens (tertiary/aromatic N) is 5. The standard InChI is InChI=1S/C39H38ClF4N7O4S/c1-49-34-28(51(38(49)55)29-11-12-32(52)48-36(29)54)10-9-23(40)33(34)21-13-15-50(16-14-21)19-20-5-7-22(8-6-20)37-47-27-17-24(41)26(18-30(27)56-37)46-35(53)25-3-2-4-31(45-25)39(42,43)44/h2-4,9-10,17-18,20-22,29H,5-8,11-16,19H2,1H3,(H,46,53)(H,48,52,54). The number of hydrogen-bond donors (Lipinski definition) is 2. The van der Waals surface area contributed by atoms with Crippen molar-refractivity contribution in [3.05, 3.63) is 85.7 Å². The number of fused-ring (bicyclic) bond motifs is 2. The lowest BCUT2D eigenvalue weighted by atomic mass is 9.81. The van der Waals surface area contributed by atoms with Crippen LogP contribution in [0.5, 0.6) is 0 Å². The number of nitrogens with one attached hydrogen (secondary N) is 2. The highest BCUT2D eigenvalue weighted by atomic mass is 35.5. The van der Waals surface area contributed by atoms with Crippen LogP contribution in [0.25, 0.3) is 21.3 Å². The van der Waals surface area contributed by atoms with Crippen molar-refractivity contribution in [3.63, 3.8) is 0 Å². The fraction of sp³-hybridized carbons (Fsp3) is 0.436. The van der Waals surface area contributed by atoms with Crippen molar-refractivity contribution < 1.29 is 31.9 Å². The van der Waals surface area contributed by atoms with Crippen molar-refractivity contribution in [2.45, 2.75) is 75.4 Å². The molecule has 56 heavy (non-hydrogen) atoms. The van der Waals surface area contributed by atoms with Crippen LogP contribution in [0.3, 0.4) is 0 Å². The highest BCUT2D eigenvalue weighted by Crippen LogP contribution is 2.42. The van der Waals surface area contributed by atoms with Gasteiger partial charge in [-0.1, -0.05) is 17.7 Å². The SMILES string of the molecule is Cn1c(=O)n(C2CCC(=O)NC2=O)c2ccc(Cl)c(C3CCN(CC4CCC(c5nc6cc(F)c(NC(=O)c7cccc(C(F)(F)F)n7)cc6s5)CC4)CC3)c21. The van der Waals surface area contributed by atoms with Gasteiger partial charge in [-0.25, -0.2) is 19.2 Å². The number of amides is 3. The second-order valence-electron chi connectivity index (χ2n) is 15.0. The van der Waals surface area contributed by atoms with Crippen LogP contribution in [0, 0.1) is 11.7 Å². The molecule has 5 aromatic rings. The molecule has 0 spiro atoms. The zero-order valence-corrected chi connectivity index (χ0v) is 31.9. The lowest BCUT2D eigenvalue weighted by Gasteiger charge is -2.37. The number of benzene rings is 2. The summed E-state index contributed by atoms with van der Waals surface area (Å²) in [4.78, 5) is 61.3. The van der Waals surface area contributed by atoms with Gasteiger partial charge in [0.25, 0.3) is 5.91 Å². The Hall–Kier alpha value is -4.67. The Labute approximate surface area is 327 Å². The normalized spacial score (nSPS) is 21.5. The minimum absolute atomic E-state index is 0.136. The van der Waals surface area contributed by atoms with Crippen molar-refractivity contribution in [3.8, 4) is 0 Å². The number of likely N-dealkylation sites (tertiary alicyclic amines) is 1. The third kappa shape index (κ3) is 7.34. The quantitative estimate of drug-likeness (QED) is 0.128. The van der Waals surface area contributed by atoms with Gasteiger partial charge in [0.1, 0.15) is 23.2 Å². The largest absolute Gasteiger partial charge is 0.433 e. The topological polar surface area (TPSA) is 131 Å². The summed E-state index contributed by atoms with van der Waals surface area (Å²) in [5, 5.41) is 6.21. The summed E-state index contributed by atoms with van der Waals surface area (Å²) in [6.07, 6.45) is 1.35. The Morgan fingerprint density at radius 3 is 2.45 bits per heavy atom. The van der Waals surface area contributed by atoms with Crippen molar-refractivity contribution in [2.24, 2.45) is 13.0 Å². The minimum Gasteiger partial charge on any atom is -0.318 e. The van der Waals surface area contributed by atoms with Gasteiger partial charge in [0, 0.05) is 37.0 Å². The fourth-order valence-electron chi connectivity index (χ4n) is 8.60. The van der Waals surface area contributed by atoms with Gasteiger partial charge in [0.2, 0.25) is 11.8 Å². The van der Waals surface area contributed by atoms with Crippen molar-refractivity contribution in [1.29, 1.82) is 0 Å². The molecule has 0 bridgehead atoms. The van der Waals surface area contributed by atoms with E-state index in [0.717, 1.165) is 92.4 Å². The van der Waals surface area contributed by atoms with E-state index in [0.29, 0.717) is 26.7 Å². The van der Waals surface area contributed by atoms with E-state index in [2.05, 4.69) is 20.5 Å². The molecule has 2 saturated heterocycles. The Morgan fingerprint density at radius 2 is 1.73 bits per heavy atom. The van der Waals surface area contributed by atoms with Crippen LogP contribution >= 0.6 is 22.9 Å². The molecular formula is C39H38ClF4N7O4S. The first-order valence-corrected chi connectivity index (χ1v) is 19.9. The van der Waals surface area contributed by atoms with Gasteiger partial charge >= 0.3 is 11.9 Å². The van der Waals surface area contributed by atoms with Gasteiger partial charge in [0.15, 0.2) is 0 Å². The molecule has 2 N–H and O–H groups in total. The Morgan fingerprint density at radius 1 is 0.982 bits per heavy atom. The number of aromatic nitrogens is 4. The number of hydrogen-bond acceptors (Lipinski definition) is 8. The molecule has 2 aliphatic heterocycles. The number of alkyl halides is 3. The molecule has 3 fully saturated rings. The molecule has 17 heteroatoms. The van der Waals surface area contributed by atoms with Crippen LogP contribution in [-0.2, 0) is 22.8 Å². The van der Waals surface area contributed by atoms with Gasteiger partial charge < -0.3 is 10.2 Å². The Kier molecular flexibility index (Phi) is 10.2. The summed E-state index contributed by atoms with van der Waals surface area (Å²) >= 11 is 8.26. The molecule has 5 heterocycles. The number of thiazole rings is 1. The van der Waals surface area contributed by atoms with Crippen LogP contribution < -0.4 is 16.3 Å². The number of aryl methyl sites for hydroxylation is 1. The Bertz CT molecular complexity index is 2430. The van der Waals surface area contributed by atoms with E-state index in [1.54, 1.807) is 23.7 Å². The van der Waals surface area contributed by atoms with Crippen molar-refractivity contribution >= 4 is 67.6 Å². The summed E-state index contributed by atoms with van der Waals surface area (Å²) in [6.45, 7) is 2.73. The predicted molar refractivity (Wildman–Crippen MR) is 203 cm³/mol. The van der Waals surface area contributed by atoms with Crippen LogP contribution in [0.4, 0.5) is 23.2 Å². The van der Waals surface area contributed by atoms with E-state index < -0.39 is 41.2 Å². The van der Waals surface area contributed by atoms with Crippen LogP contribution in [-0.4, -0.2) is 61.4 Å². The first kappa shape index (κ1) is 38.2. The maximum Gasteiger partial charge on any atom is 0.433 e. The number of halogens is 5. The molecule has 8 rings (SSSR count). The number of imidazole rings is 1. The Balaban J connectivity index is 0.880. The van der Waals surface area contributed by atoms with E-state index in [1.165, 1.54) is 28.0 Å². The molecule has 2 aromatic carbocycles. The third-order valence-corrected chi connectivity index (χ3v) is 13.0. The van der Waals surface area contributed by atoms with E-state index >= 15 is 4.39 Å². The van der Waals surface area contributed by atoms with Crippen LogP contribution in [0.15, 0.2) is 47.3 Å². The molecule has 3 amide bonds.